The average Bonchev–Trinajstić information content (AvgIpc) is 2.16. The molecule has 1 unspecified atom stereocenters. The Hall–Kier alpha value is -0.930. The molecule has 0 aliphatic rings. The van der Waals surface area contributed by atoms with Crippen molar-refractivity contribution in [2.24, 2.45) is 11.5 Å². The number of nitrogens with two attached hydrogens (primary N) is 2. The van der Waals surface area contributed by atoms with Crippen LogP contribution in [0.15, 0.2) is 24.3 Å². The van der Waals surface area contributed by atoms with Crippen LogP contribution in [0.2, 0.25) is 0 Å². The number of hydrogen-bond donors (Lipinski definition) is 2. The molecule has 4 N–H and O–H groups in total. The minimum absolute atomic E-state index is 0.215. The highest BCUT2D eigenvalue weighted by Gasteiger charge is 2.07. The van der Waals surface area contributed by atoms with Crippen LogP contribution in [0.3, 0.4) is 0 Å². The molecule has 0 aromatic heterocycles. The van der Waals surface area contributed by atoms with E-state index in [1.807, 2.05) is 0 Å². The van der Waals surface area contributed by atoms with E-state index in [-0.39, 0.29) is 11.7 Å². The third-order valence-electron chi connectivity index (χ3n) is 2.14. The van der Waals surface area contributed by atoms with Crippen molar-refractivity contribution in [3.63, 3.8) is 0 Å². The van der Waals surface area contributed by atoms with Gasteiger partial charge in [0.05, 0.1) is 0 Å². The molecular weight excluding hydrogens is 167 g/mol. The van der Waals surface area contributed by atoms with Gasteiger partial charge in [0, 0.05) is 0 Å². The Labute approximate surface area is 77.7 Å². The van der Waals surface area contributed by atoms with Crippen LogP contribution in [-0.4, -0.2) is 13.1 Å². The topological polar surface area (TPSA) is 52.0 Å². The van der Waals surface area contributed by atoms with Gasteiger partial charge in [-0.15, -0.1) is 0 Å². The van der Waals surface area contributed by atoms with Crippen LogP contribution in [0.25, 0.3) is 0 Å². The van der Waals surface area contributed by atoms with E-state index in [0.717, 1.165) is 12.0 Å². The summed E-state index contributed by atoms with van der Waals surface area (Å²) in [5, 5.41) is 0. The SMILES string of the molecule is NCCC(CN)c1ccc(F)cc1. The predicted octanol–water partition coefficient (Wildman–Crippen LogP) is 1.22. The second-order valence-corrected chi connectivity index (χ2v) is 3.06. The normalized spacial score (nSPS) is 12.8. The van der Waals surface area contributed by atoms with Crippen LogP contribution in [0, 0.1) is 5.82 Å². The maximum atomic E-state index is 12.6. The summed E-state index contributed by atoms with van der Waals surface area (Å²) in [5.74, 6) is 0.0397. The van der Waals surface area contributed by atoms with E-state index < -0.39 is 0 Å². The highest BCUT2D eigenvalue weighted by Crippen LogP contribution is 2.17. The van der Waals surface area contributed by atoms with Crippen LogP contribution in [-0.2, 0) is 0 Å². The highest BCUT2D eigenvalue weighted by atomic mass is 19.1. The molecule has 0 spiro atoms. The molecule has 0 aliphatic heterocycles. The van der Waals surface area contributed by atoms with Crippen LogP contribution in [0.4, 0.5) is 4.39 Å². The number of benzene rings is 1. The van der Waals surface area contributed by atoms with E-state index in [1.165, 1.54) is 12.1 Å². The summed E-state index contributed by atoms with van der Waals surface area (Å²) in [6, 6.07) is 6.44. The van der Waals surface area contributed by atoms with E-state index in [4.69, 9.17) is 11.5 Å². The lowest BCUT2D eigenvalue weighted by Gasteiger charge is -2.13. The molecule has 0 amide bonds. The summed E-state index contributed by atoms with van der Waals surface area (Å²) < 4.78 is 12.6. The van der Waals surface area contributed by atoms with E-state index in [1.54, 1.807) is 12.1 Å². The molecule has 0 saturated heterocycles. The van der Waals surface area contributed by atoms with Gasteiger partial charge in [-0.2, -0.15) is 0 Å². The zero-order valence-electron chi connectivity index (χ0n) is 7.54. The second kappa shape index (κ2) is 4.94. The molecule has 0 saturated carbocycles. The minimum atomic E-state index is -0.215. The molecule has 2 nitrogen and oxygen atoms in total. The lowest BCUT2D eigenvalue weighted by atomic mass is 9.96. The Bertz CT molecular complexity index is 246. The molecule has 1 aromatic carbocycles. The molecular formula is C10H15FN2. The van der Waals surface area contributed by atoms with Gasteiger partial charge in [0.1, 0.15) is 5.82 Å². The van der Waals surface area contributed by atoms with Gasteiger partial charge in [-0.1, -0.05) is 12.1 Å². The molecule has 3 heteroatoms. The highest BCUT2D eigenvalue weighted by molar-refractivity contribution is 5.20. The summed E-state index contributed by atoms with van der Waals surface area (Å²) in [6.45, 7) is 1.17. The van der Waals surface area contributed by atoms with Crippen LogP contribution in [0.1, 0.15) is 17.9 Å². The van der Waals surface area contributed by atoms with Crippen molar-refractivity contribution in [1.29, 1.82) is 0 Å². The van der Waals surface area contributed by atoms with Crippen molar-refractivity contribution in [2.75, 3.05) is 13.1 Å². The summed E-state index contributed by atoms with van der Waals surface area (Å²) in [6.07, 6.45) is 0.849. The first kappa shape index (κ1) is 10.2. The largest absolute Gasteiger partial charge is 0.330 e. The van der Waals surface area contributed by atoms with Gasteiger partial charge in [-0.3, -0.25) is 0 Å². The monoisotopic (exact) mass is 182 g/mol. The predicted molar refractivity (Wildman–Crippen MR) is 51.9 cm³/mol. The fourth-order valence-electron chi connectivity index (χ4n) is 1.36. The Morgan fingerprint density at radius 1 is 1.15 bits per heavy atom. The van der Waals surface area contributed by atoms with E-state index in [0.29, 0.717) is 13.1 Å². The second-order valence-electron chi connectivity index (χ2n) is 3.06. The third kappa shape index (κ3) is 2.79. The smallest absolute Gasteiger partial charge is 0.123 e. The zero-order chi connectivity index (χ0) is 9.68. The summed E-state index contributed by atoms with van der Waals surface area (Å²) in [5.41, 5.74) is 12.1. The molecule has 72 valence electrons. The lowest BCUT2D eigenvalue weighted by Crippen LogP contribution is -2.16. The first-order chi connectivity index (χ1) is 6.27. The van der Waals surface area contributed by atoms with Crippen LogP contribution in [0.5, 0.6) is 0 Å². The van der Waals surface area contributed by atoms with E-state index in [9.17, 15) is 4.39 Å². The fraction of sp³-hybridized carbons (Fsp3) is 0.400. The minimum Gasteiger partial charge on any atom is -0.330 e. The Kier molecular flexibility index (Phi) is 3.86. The van der Waals surface area contributed by atoms with E-state index in [2.05, 4.69) is 0 Å². The van der Waals surface area contributed by atoms with E-state index >= 15 is 0 Å². The number of hydrogen-bond acceptors (Lipinski definition) is 2. The molecule has 13 heavy (non-hydrogen) atoms. The number of halogens is 1. The quantitative estimate of drug-likeness (QED) is 0.735. The van der Waals surface area contributed by atoms with Gasteiger partial charge in [0.25, 0.3) is 0 Å². The van der Waals surface area contributed by atoms with Crippen molar-refractivity contribution in [3.05, 3.63) is 35.6 Å². The van der Waals surface area contributed by atoms with Crippen LogP contribution < -0.4 is 11.5 Å². The van der Waals surface area contributed by atoms with Gasteiger partial charge in [-0.25, -0.2) is 4.39 Å². The lowest BCUT2D eigenvalue weighted by molar-refractivity contribution is 0.617. The summed E-state index contributed by atoms with van der Waals surface area (Å²) in [7, 11) is 0. The molecule has 0 radical (unpaired) electrons. The van der Waals surface area contributed by atoms with Gasteiger partial charge >= 0.3 is 0 Å². The van der Waals surface area contributed by atoms with Crippen molar-refractivity contribution in [2.45, 2.75) is 12.3 Å². The molecule has 0 aliphatic carbocycles. The molecule has 0 heterocycles. The van der Waals surface area contributed by atoms with Gasteiger partial charge in [-0.05, 0) is 43.1 Å². The van der Waals surface area contributed by atoms with Crippen molar-refractivity contribution in [1.82, 2.24) is 0 Å². The molecule has 1 atom stereocenters. The Balaban J connectivity index is 2.73. The zero-order valence-corrected chi connectivity index (χ0v) is 7.54. The molecule has 1 rings (SSSR count). The van der Waals surface area contributed by atoms with Crippen molar-refractivity contribution in [3.8, 4) is 0 Å². The maximum Gasteiger partial charge on any atom is 0.123 e. The van der Waals surface area contributed by atoms with Crippen molar-refractivity contribution < 1.29 is 4.39 Å². The van der Waals surface area contributed by atoms with Gasteiger partial charge in [0.15, 0.2) is 0 Å². The molecule has 0 fully saturated rings. The summed E-state index contributed by atoms with van der Waals surface area (Å²) in [4.78, 5) is 0. The Morgan fingerprint density at radius 3 is 2.23 bits per heavy atom. The molecule has 1 aromatic rings. The van der Waals surface area contributed by atoms with Gasteiger partial charge < -0.3 is 11.5 Å². The summed E-state index contributed by atoms with van der Waals surface area (Å²) >= 11 is 0. The van der Waals surface area contributed by atoms with Crippen LogP contribution >= 0.6 is 0 Å². The first-order valence-corrected chi connectivity index (χ1v) is 4.43. The Morgan fingerprint density at radius 2 is 1.77 bits per heavy atom. The first-order valence-electron chi connectivity index (χ1n) is 4.43. The fourth-order valence-corrected chi connectivity index (χ4v) is 1.36. The van der Waals surface area contributed by atoms with Gasteiger partial charge in [0.2, 0.25) is 0 Å². The molecule has 0 bridgehead atoms. The maximum absolute atomic E-state index is 12.6. The van der Waals surface area contributed by atoms with Crippen molar-refractivity contribution >= 4 is 0 Å². The average molecular weight is 182 g/mol. The third-order valence-corrected chi connectivity index (χ3v) is 2.14. The standard InChI is InChI=1S/C10H15FN2/c11-10-3-1-8(2-4-10)9(7-13)5-6-12/h1-4,9H,5-7,12-13H2. The number of rotatable bonds is 4.